The average molecular weight is 254 g/mol. The van der Waals surface area contributed by atoms with Crippen LogP contribution in [-0.2, 0) is 4.74 Å². The predicted octanol–water partition coefficient (Wildman–Crippen LogP) is 3.07. The highest BCUT2D eigenvalue weighted by Crippen LogP contribution is 2.29. The van der Waals surface area contributed by atoms with Crippen LogP contribution in [0.15, 0.2) is 24.3 Å². The van der Waals surface area contributed by atoms with Gasteiger partial charge >= 0.3 is 0 Å². The smallest absolute Gasteiger partial charge is 0.0547 e. The molecule has 2 rings (SSSR count). The van der Waals surface area contributed by atoms with E-state index >= 15 is 0 Å². The SMILES string of the molecule is CNCC(COCC1CC1)c1ccc(Cl)cc1. The summed E-state index contributed by atoms with van der Waals surface area (Å²) < 4.78 is 5.78. The Morgan fingerprint density at radius 3 is 2.65 bits per heavy atom. The van der Waals surface area contributed by atoms with Crippen LogP contribution in [0.25, 0.3) is 0 Å². The number of nitrogens with one attached hydrogen (secondary N) is 1. The van der Waals surface area contributed by atoms with E-state index in [9.17, 15) is 0 Å². The van der Waals surface area contributed by atoms with Gasteiger partial charge in [0.2, 0.25) is 0 Å². The van der Waals surface area contributed by atoms with Crippen LogP contribution in [0, 0.1) is 5.92 Å². The maximum atomic E-state index is 5.90. The van der Waals surface area contributed by atoms with Gasteiger partial charge < -0.3 is 10.1 Å². The van der Waals surface area contributed by atoms with Crippen LogP contribution in [0.5, 0.6) is 0 Å². The molecule has 0 bridgehead atoms. The molecule has 3 heteroatoms. The molecular formula is C14H20ClNO. The van der Waals surface area contributed by atoms with E-state index in [0.29, 0.717) is 5.92 Å². The first-order chi connectivity index (χ1) is 8.29. The number of benzene rings is 1. The molecule has 0 aliphatic heterocycles. The molecule has 0 spiro atoms. The van der Waals surface area contributed by atoms with Crippen LogP contribution >= 0.6 is 11.6 Å². The van der Waals surface area contributed by atoms with Crippen LogP contribution in [0.2, 0.25) is 5.02 Å². The molecule has 1 aromatic carbocycles. The first kappa shape index (κ1) is 12.9. The van der Waals surface area contributed by atoms with E-state index in [1.54, 1.807) is 0 Å². The summed E-state index contributed by atoms with van der Waals surface area (Å²) in [5.41, 5.74) is 1.29. The standard InChI is InChI=1S/C14H20ClNO/c1-16-8-13(10-17-9-11-2-3-11)12-4-6-14(15)7-5-12/h4-7,11,13,16H,2-3,8-10H2,1H3. The summed E-state index contributed by atoms with van der Waals surface area (Å²) in [5.74, 6) is 1.24. The van der Waals surface area contributed by atoms with Crippen molar-refractivity contribution in [2.75, 3.05) is 26.8 Å². The van der Waals surface area contributed by atoms with E-state index in [2.05, 4.69) is 17.4 Å². The maximum absolute atomic E-state index is 5.90. The summed E-state index contributed by atoms with van der Waals surface area (Å²) in [5, 5.41) is 4.01. The van der Waals surface area contributed by atoms with E-state index in [1.807, 2.05) is 19.2 Å². The van der Waals surface area contributed by atoms with Gasteiger partial charge in [-0.05, 0) is 43.5 Å². The molecule has 0 radical (unpaired) electrons. The number of hydrogen-bond acceptors (Lipinski definition) is 2. The highest BCUT2D eigenvalue weighted by molar-refractivity contribution is 6.30. The molecule has 17 heavy (non-hydrogen) atoms. The van der Waals surface area contributed by atoms with E-state index in [1.165, 1.54) is 18.4 Å². The lowest BCUT2D eigenvalue weighted by atomic mass is 10.00. The van der Waals surface area contributed by atoms with E-state index in [0.717, 1.165) is 30.7 Å². The van der Waals surface area contributed by atoms with Crippen LogP contribution in [0.4, 0.5) is 0 Å². The quantitative estimate of drug-likeness (QED) is 0.807. The van der Waals surface area contributed by atoms with Crippen LogP contribution in [0.3, 0.4) is 0 Å². The summed E-state index contributed by atoms with van der Waals surface area (Å²) >= 11 is 5.90. The fourth-order valence-corrected chi connectivity index (χ4v) is 2.04. The van der Waals surface area contributed by atoms with Gasteiger partial charge in [-0.3, -0.25) is 0 Å². The topological polar surface area (TPSA) is 21.3 Å². The maximum Gasteiger partial charge on any atom is 0.0547 e. The second kappa shape index (κ2) is 6.39. The number of halogens is 1. The summed E-state index contributed by atoms with van der Waals surface area (Å²) in [4.78, 5) is 0. The molecule has 0 saturated heterocycles. The minimum atomic E-state index is 0.413. The van der Waals surface area contributed by atoms with Crippen molar-refractivity contribution in [1.82, 2.24) is 5.32 Å². The Balaban J connectivity index is 1.87. The molecule has 94 valence electrons. The first-order valence-corrected chi connectivity index (χ1v) is 6.65. The van der Waals surface area contributed by atoms with Gasteiger partial charge in [-0.15, -0.1) is 0 Å². The largest absolute Gasteiger partial charge is 0.380 e. The highest BCUT2D eigenvalue weighted by atomic mass is 35.5. The molecule has 0 heterocycles. The van der Waals surface area contributed by atoms with Crippen molar-refractivity contribution >= 4 is 11.6 Å². The fraction of sp³-hybridized carbons (Fsp3) is 0.571. The molecule has 1 unspecified atom stereocenters. The normalized spacial score (nSPS) is 17.1. The fourth-order valence-electron chi connectivity index (χ4n) is 1.92. The summed E-state index contributed by atoms with van der Waals surface area (Å²) in [7, 11) is 1.98. The Morgan fingerprint density at radius 1 is 1.35 bits per heavy atom. The Kier molecular flexibility index (Phi) is 4.84. The van der Waals surface area contributed by atoms with Gasteiger partial charge in [-0.2, -0.15) is 0 Å². The number of likely N-dealkylation sites (N-methyl/N-ethyl adjacent to an activating group) is 1. The minimum Gasteiger partial charge on any atom is -0.380 e. The number of hydrogen-bond donors (Lipinski definition) is 1. The Bertz CT molecular complexity index is 335. The average Bonchev–Trinajstić information content (AvgIpc) is 3.13. The van der Waals surface area contributed by atoms with Gasteiger partial charge in [0.15, 0.2) is 0 Å². The monoisotopic (exact) mass is 253 g/mol. The van der Waals surface area contributed by atoms with Crippen molar-refractivity contribution in [3.63, 3.8) is 0 Å². The lowest BCUT2D eigenvalue weighted by molar-refractivity contribution is 0.111. The summed E-state index contributed by atoms with van der Waals surface area (Å²) in [6, 6.07) is 8.07. The first-order valence-electron chi connectivity index (χ1n) is 6.27. The zero-order chi connectivity index (χ0) is 12.1. The predicted molar refractivity (Wildman–Crippen MR) is 71.7 cm³/mol. The Labute approximate surface area is 108 Å². The summed E-state index contributed by atoms with van der Waals surface area (Å²) in [6.07, 6.45) is 2.69. The molecule has 1 saturated carbocycles. The van der Waals surface area contributed by atoms with Crippen molar-refractivity contribution in [2.45, 2.75) is 18.8 Å². The summed E-state index contributed by atoms with van der Waals surface area (Å²) in [6.45, 7) is 2.65. The zero-order valence-corrected chi connectivity index (χ0v) is 11.0. The Hall–Kier alpha value is -0.570. The third kappa shape index (κ3) is 4.30. The van der Waals surface area contributed by atoms with Gasteiger partial charge in [-0.1, -0.05) is 23.7 Å². The minimum absolute atomic E-state index is 0.413. The molecule has 2 nitrogen and oxygen atoms in total. The van der Waals surface area contributed by atoms with Gasteiger partial charge in [0.25, 0.3) is 0 Å². The van der Waals surface area contributed by atoms with Crippen LogP contribution in [0.1, 0.15) is 24.3 Å². The van der Waals surface area contributed by atoms with Gasteiger partial charge in [0.05, 0.1) is 6.61 Å². The molecule has 1 atom stereocenters. The highest BCUT2D eigenvalue weighted by Gasteiger charge is 2.22. The van der Waals surface area contributed by atoms with Crippen molar-refractivity contribution in [1.29, 1.82) is 0 Å². The van der Waals surface area contributed by atoms with E-state index < -0.39 is 0 Å². The number of ether oxygens (including phenoxy) is 1. The molecular weight excluding hydrogens is 234 g/mol. The van der Waals surface area contributed by atoms with Crippen molar-refractivity contribution < 1.29 is 4.74 Å². The molecule has 1 N–H and O–H groups in total. The van der Waals surface area contributed by atoms with Crippen LogP contribution < -0.4 is 5.32 Å². The van der Waals surface area contributed by atoms with E-state index in [4.69, 9.17) is 16.3 Å². The Morgan fingerprint density at radius 2 is 2.06 bits per heavy atom. The lowest BCUT2D eigenvalue weighted by Gasteiger charge is -2.17. The molecule has 1 fully saturated rings. The van der Waals surface area contributed by atoms with Crippen molar-refractivity contribution in [3.05, 3.63) is 34.9 Å². The van der Waals surface area contributed by atoms with Gasteiger partial charge in [0, 0.05) is 24.1 Å². The second-order valence-electron chi connectivity index (χ2n) is 4.79. The van der Waals surface area contributed by atoms with E-state index in [-0.39, 0.29) is 0 Å². The molecule has 0 amide bonds. The van der Waals surface area contributed by atoms with Crippen LogP contribution in [-0.4, -0.2) is 26.8 Å². The van der Waals surface area contributed by atoms with Crippen molar-refractivity contribution in [2.24, 2.45) is 5.92 Å². The second-order valence-corrected chi connectivity index (χ2v) is 5.22. The zero-order valence-electron chi connectivity index (χ0n) is 10.3. The molecule has 1 aliphatic rings. The molecule has 1 aliphatic carbocycles. The third-order valence-electron chi connectivity index (χ3n) is 3.16. The van der Waals surface area contributed by atoms with Crippen molar-refractivity contribution in [3.8, 4) is 0 Å². The lowest BCUT2D eigenvalue weighted by Crippen LogP contribution is -2.21. The van der Waals surface area contributed by atoms with Gasteiger partial charge in [-0.25, -0.2) is 0 Å². The van der Waals surface area contributed by atoms with Gasteiger partial charge in [0.1, 0.15) is 0 Å². The molecule has 0 aromatic heterocycles. The molecule has 1 aromatic rings. The number of rotatable bonds is 7. The third-order valence-corrected chi connectivity index (χ3v) is 3.41.